The first-order valence-corrected chi connectivity index (χ1v) is 8.01. The second-order valence-corrected chi connectivity index (χ2v) is 6.27. The Morgan fingerprint density at radius 2 is 1.80 bits per heavy atom. The third kappa shape index (κ3) is 3.65. The monoisotopic (exact) mass is 285 g/mol. The molecule has 2 heteroatoms. The highest BCUT2D eigenvalue weighted by Crippen LogP contribution is 2.35. The summed E-state index contributed by atoms with van der Waals surface area (Å²) in [6, 6.07) is 15.7. The Kier molecular flexibility index (Phi) is 5.27. The van der Waals surface area contributed by atoms with Gasteiger partial charge in [0.05, 0.1) is 0 Å². The van der Waals surface area contributed by atoms with E-state index in [0.717, 1.165) is 6.54 Å². The van der Waals surface area contributed by atoms with Crippen LogP contribution in [0.15, 0.2) is 52.3 Å². The molecule has 0 fully saturated rings. The van der Waals surface area contributed by atoms with Gasteiger partial charge in [-0.05, 0) is 50.6 Å². The molecular weight excluding hydrogens is 262 g/mol. The van der Waals surface area contributed by atoms with Crippen molar-refractivity contribution in [3.63, 3.8) is 0 Å². The summed E-state index contributed by atoms with van der Waals surface area (Å²) < 4.78 is 0. The maximum atomic E-state index is 3.50. The minimum absolute atomic E-state index is 0.384. The highest BCUT2D eigenvalue weighted by atomic mass is 32.2. The summed E-state index contributed by atoms with van der Waals surface area (Å²) in [6.07, 6.45) is 0. The van der Waals surface area contributed by atoms with E-state index in [1.807, 2.05) is 11.8 Å². The van der Waals surface area contributed by atoms with E-state index in [9.17, 15) is 0 Å². The number of benzene rings is 2. The van der Waals surface area contributed by atoms with E-state index in [2.05, 4.69) is 75.5 Å². The van der Waals surface area contributed by atoms with Gasteiger partial charge in [-0.15, -0.1) is 0 Å². The molecule has 0 bridgehead atoms. The number of hydrogen-bond acceptors (Lipinski definition) is 2. The quantitative estimate of drug-likeness (QED) is 0.817. The SMILES string of the molecule is CCNC(C)c1ccccc1Sc1ccc(C)cc1C. The Labute approximate surface area is 126 Å². The van der Waals surface area contributed by atoms with Gasteiger partial charge in [-0.3, -0.25) is 0 Å². The van der Waals surface area contributed by atoms with E-state index in [1.54, 1.807) is 0 Å². The Morgan fingerprint density at radius 3 is 2.50 bits per heavy atom. The Bertz CT molecular complexity index is 577. The zero-order valence-corrected chi connectivity index (χ0v) is 13.6. The van der Waals surface area contributed by atoms with Crippen LogP contribution in [0.4, 0.5) is 0 Å². The fraction of sp³-hybridized carbons (Fsp3) is 0.333. The van der Waals surface area contributed by atoms with E-state index >= 15 is 0 Å². The van der Waals surface area contributed by atoms with Crippen LogP contribution in [0.25, 0.3) is 0 Å². The molecule has 1 nitrogen and oxygen atoms in total. The molecule has 0 saturated carbocycles. The van der Waals surface area contributed by atoms with Crippen LogP contribution in [-0.2, 0) is 0 Å². The van der Waals surface area contributed by atoms with E-state index in [1.165, 1.54) is 26.5 Å². The maximum Gasteiger partial charge on any atom is 0.0302 e. The van der Waals surface area contributed by atoms with Crippen molar-refractivity contribution >= 4 is 11.8 Å². The van der Waals surface area contributed by atoms with Crippen LogP contribution in [0.1, 0.15) is 36.6 Å². The third-order valence-corrected chi connectivity index (χ3v) is 4.72. The summed E-state index contributed by atoms with van der Waals surface area (Å²) in [5.74, 6) is 0. The molecule has 0 radical (unpaired) electrons. The number of nitrogens with one attached hydrogen (secondary N) is 1. The van der Waals surface area contributed by atoms with Crippen molar-refractivity contribution in [2.24, 2.45) is 0 Å². The molecule has 0 aliphatic heterocycles. The molecule has 1 N–H and O–H groups in total. The standard InChI is InChI=1S/C18H23NS/c1-5-19-15(4)16-8-6-7-9-18(16)20-17-11-10-13(2)12-14(17)3/h6-12,15,19H,5H2,1-4H3. The minimum atomic E-state index is 0.384. The van der Waals surface area contributed by atoms with Crippen molar-refractivity contribution in [1.29, 1.82) is 0 Å². The van der Waals surface area contributed by atoms with Crippen molar-refractivity contribution in [2.45, 2.75) is 43.5 Å². The number of rotatable bonds is 5. The lowest BCUT2D eigenvalue weighted by Gasteiger charge is -2.17. The molecule has 0 aliphatic rings. The predicted molar refractivity (Wildman–Crippen MR) is 88.6 cm³/mol. The molecule has 2 aromatic carbocycles. The van der Waals surface area contributed by atoms with Crippen LogP contribution in [0, 0.1) is 13.8 Å². The van der Waals surface area contributed by atoms with Gasteiger partial charge >= 0.3 is 0 Å². The van der Waals surface area contributed by atoms with E-state index in [0.29, 0.717) is 6.04 Å². The van der Waals surface area contributed by atoms with Gasteiger partial charge in [0.2, 0.25) is 0 Å². The van der Waals surface area contributed by atoms with E-state index in [4.69, 9.17) is 0 Å². The smallest absolute Gasteiger partial charge is 0.0302 e. The van der Waals surface area contributed by atoms with Gasteiger partial charge in [0, 0.05) is 15.8 Å². The highest BCUT2D eigenvalue weighted by Gasteiger charge is 2.11. The molecular formula is C18H23NS. The zero-order valence-electron chi connectivity index (χ0n) is 12.7. The van der Waals surface area contributed by atoms with Crippen molar-refractivity contribution in [2.75, 3.05) is 6.54 Å². The zero-order chi connectivity index (χ0) is 14.5. The molecule has 2 aromatic rings. The Morgan fingerprint density at radius 1 is 1.05 bits per heavy atom. The third-order valence-electron chi connectivity index (χ3n) is 3.45. The van der Waals surface area contributed by atoms with Crippen LogP contribution in [0.3, 0.4) is 0 Å². The summed E-state index contributed by atoms with van der Waals surface area (Å²) in [5.41, 5.74) is 4.04. The topological polar surface area (TPSA) is 12.0 Å². The average Bonchev–Trinajstić information content (AvgIpc) is 2.43. The first-order valence-electron chi connectivity index (χ1n) is 7.19. The van der Waals surface area contributed by atoms with Crippen LogP contribution in [0.2, 0.25) is 0 Å². The van der Waals surface area contributed by atoms with Crippen LogP contribution >= 0.6 is 11.8 Å². The van der Waals surface area contributed by atoms with Crippen LogP contribution < -0.4 is 5.32 Å². The maximum absolute atomic E-state index is 3.50. The molecule has 0 aliphatic carbocycles. The summed E-state index contributed by atoms with van der Waals surface area (Å²) >= 11 is 1.86. The van der Waals surface area contributed by atoms with Crippen molar-refractivity contribution in [3.8, 4) is 0 Å². The van der Waals surface area contributed by atoms with Crippen molar-refractivity contribution in [1.82, 2.24) is 5.32 Å². The number of aryl methyl sites for hydroxylation is 2. The largest absolute Gasteiger partial charge is 0.310 e. The first-order chi connectivity index (χ1) is 9.61. The van der Waals surface area contributed by atoms with Gasteiger partial charge < -0.3 is 5.32 Å². The lowest BCUT2D eigenvalue weighted by atomic mass is 10.1. The molecule has 0 aromatic heterocycles. The fourth-order valence-electron chi connectivity index (χ4n) is 2.38. The summed E-state index contributed by atoms with van der Waals surface area (Å²) in [7, 11) is 0. The number of hydrogen-bond donors (Lipinski definition) is 1. The van der Waals surface area contributed by atoms with Gasteiger partial charge in [0.1, 0.15) is 0 Å². The van der Waals surface area contributed by atoms with Gasteiger partial charge in [-0.1, -0.05) is 54.6 Å². The molecule has 1 unspecified atom stereocenters. The summed E-state index contributed by atoms with van der Waals surface area (Å²) in [4.78, 5) is 2.68. The Balaban J connectivity index is 2.29. The summed E-state index contributed by atoms with van der Waals surface area (Å²) in [6.45, 7) is 9.69. The Hall–Kier alpha value is -1.25. The molecule has 2 rings (SSSR count). The molecule has 1 atom stereocenters. The van der Waals surface area contributed by atoms with E-state index in [-0.39, 0.29) is 0 Å². The average molecular weight is 285 g/mol. The highest BCUT2D eigenvalue weighted by molar-refractivity contribution is 7.99. The van der Waals surface area contributed by atoms with E-state index < -0.39 is 0 Å². The molecule has 0 heterocycles. The molecule has 106 valence electrons. The molecule has 0 saturated heterocycles. The second kappa shape index (κ2) is 6.96. The van der Waals surface area contributed by atoms with Crippen molar-refractivity contribution in [3.05, 3.63) is 59.2 Å². The lowest BCUT2D eigenvalue weighted by molar-refractivity contribution is 0.590. The van der Waals surface area contributed by atoms with Gasteiger partial charge in [0.25, 0.3) is 0 Å². The van der Waals surface area contributed by atoms with Gasteiger partial charge in [0.15, 0.2) is 0 Å². The first kappa shape index (κ1) is 15.1. The van der Waals surface area contributed by atoms with Crippen LogP contribution in [0.5, 0.6) is 0 Å². The minimum Gasteiger partial charge on any atom is -0.310 e. The van der Waals surface area contributed by atoms with Gasteiger partial charge in [-0.2, -0.15) is 0 Å². The van der Waals surface area contributed by atoms with Crippen molar-refractivity contribution < 1.29 is 0 Å². The normalized spacial score (nSPS) is 12.4. The second-order valence-electron chi connectivity index (χ2n) is 5.19. The van der Waals surface area contributed by atoms with Crippen LogP contribution in [-0.4, -0.2) is 6.54 Å². The summed E-state index contributed by atoms with van der Waals surface area (Å²) in [5, 5.41) is 3.50. The lowest BCUT2D eigenvalue weighted by Crippen LogP contribution is -2.18. The fourth-order valence-corrected chi connectivity index (χ4v) is 3.48. The molecule has 0 spiro atoms. The molecule has 0 amide bonds. The van der Waals surface area contributed by atoms with Gasteiger partial charge in [-0.25, -0.2) is 0 Å². The molecule has 20 heavy (non-hydrogen) atoms. The predicted octanol–water partition coefficient (Wildman–Crippen LogP) is 5.13.